The van der Waals surface area contributed by atoms with Gasteiger partial charge in [-0.3, -0.25) is 9.69 Å². The van der Waals surface area contributed by atoms with E-state index in [1.807, 2.05) is 6.92 Å². The molecule has 0 aliphatic carbocycles. The summed E-state index contributed by atoms with van der Waals surface area (Å²) < 4.78 is 10.9. The minimum Gasteiger partial charge on any atom is -0.379 e. The Balaban J connectivity index is 1.63. The molecule has 6 heteroatoms. The van der Waals surface area contributed by atoms with E-state index in [9.17, 15) is 4.79 Å². The number of aryl methyl sites for hydroxylation is 1. The molecule has 23 heavy (non-hydrogen) atoms. The molecular formula is C17H25N3O3. The van der Waals surface area contributed by atoms with Crippen molar-refractivity contribution in [3.63, 3.8) is 0 Å². The van der Waals surface area contributed by atoms with Gasteiger partial charge < -0.3 is 20.1 Å². The molecule has 126 valence electrons. The first-order valence-electron chi connectivity index (χ1n) is 8.25. The number of nitrogens with zero attached hydrogens (tertiary/aromatic N) is 1. The Bertz CT molecular complexity index is 538. The summed E-state index contributed by atoms with van der Waals surface area (Å²) in [5.74, 6) is -0.0798. The molecule has 2 N–H and O–H groups in total. The van der Waals surface area contributed by atoms with Gasteiger partial charge in [0.15, 0.2) is 0 Å². The lowest BCUT2D eigenvalue weighted by atomic mass is 10.1. The number of morpholine rings is 2. The van der Waals surface area contributed by atoms with Crippen LogP contribution in [0.2, 0.25) is 0 Å². The van der Waals surface area contributed by atoms with Crippen molar-refractivity contribution in [2.24, 2.45) is 0 Å². The highest BCUT2D eigenvalue weighted by Gasteiger charge is 2.22. The molecule has 1 unspecified atom stereocenters. The maximum absolute atomic E-state index is 12.3. The van der Waals surface area contributed by atoms with Crippen molar-refractivity contribution < 1.29 is 14.3 Å². The smallest absolute Gasteiger partial charge is 0.254 e. The van der Waals surface area contributed by atoms with E-state index in [1.165, 1.54) is 5.56 Å². The number of amides is 1. The van der Waals surface area contributed by atoms with Gasteiger partial charge >= 0.3 is 0 Å². The Kier molecular flexibility index (Phi) is 5.61. The van der Waals surface area contributed by atoms with Gasteiger partial charge in [-0.1, -0.05) is 12.1 Å². The van der Waals surface area contributed by atoms with Crippen LogP contribution in [-0.4, -0.2) is 62.9 Å². The first kappa shape index (κ1) is 16.4. The lowest BCUT2D eigenvalue weighted by molar-refractivity contribution is -0.128. The van der Waals surface area contributed by atoms with Crippen molar-refractivity contribution in [2.45, 2.75) is 19.6 Å². The number of carbonyl (C=O) groups excluding carboxylic acids is 1. The number of carbonyl (C=O) groups is 1. The summed E-state index contributed by atoms with van der Waals surface area (Å²) in [5.41, 5.74) is 3.14. The fraction of sp³-hybridized carbons (Fsp3) is 0.588. The molecule has 1 aromatic rings. The van der Waals surface area contributed by atoms with E-state index in [0.29, 0.717) is 13.2 Å². The normalized spacial score (nSPS) is 22.7. The summed E-state index contributed by atoms with van der Waals surface area (Å²) in [5, 5.41) is 6.19. The van der Waals surface area contributed by atoms with Gasteiger partial charge in [0.05, 0.1) is 19.8 Å². The standard InChI is InChI=1S/C17H25N3O3/c1-13-2-3-14(12-20-5-8-22-9-6-20)10-15(13)19-17(21)16-11-18-4-7-23-16/h2-3,10,16,18H,4-9,11-12H2,1H3,(H,19,21). The third-order valence-electron chi connectivity index (χ3n) is 4.29. The Morgan fingerprint density at radius 1 is 1.35 bits per heavy atom. The fourth-order valence-corrected chi connectivity index (χ4v) is 2.87. The number of nitrogens with one attached hydrogen (secondary N) is 2. The lowest BCUT2D eigenvalue weighted by Gasteiger charge is -2.27. The van der Waals surface area contributed by atoms with Crippen molar-refractivity contribution in [1.29, 1.82) is 0 Å². The van der Waals surface area contributed by atoms with Crippen LogP contribution in [0.3, 0.4) is 0 Å². The molecule has 2 heterocycles. The van der Waals surface area contributed by atoms with Crippen LogP contribution in [0.4, 0.5) is 5.69 Å². The second-order valence-corrected chi connectivity index (χ2v) is 6.09. The van der Waals surface area contributed by atoms with Crippen LogP contribution in [-0.2, 0) is 20.8 Å². The monoisotopic (exact) mass is 319 g/mol. The van der Waals surface area contributed by atoms with Crippen molar-refractivity contribution in [3.05, 3.63) is 29.3 Å². The quantitative estimate of drug-likeness (QED) is 0.858. The molecule has 2 saturated heterocycles. The number of ether oxygens (including phenoxy) is 2. The highest BCUT2D eigenvalue weighted by Crippen LogP contribution is 2.19. The fourth-order valence-electron chi connectivity index (χ4n) is 2.87. The zero-order chi connectivity index (χ0) is 16.1. The molecule has 0 saturated carbocycles. The van der Waals surface area contributed by atoms with Crippen LogP contribution in [0.25, 0.3) is 0 Å². The molecule has 0 spiro atoms. The second kappa shape index (κ2) is 7.88. The molecule has 0 bridgehead atoms. The number of hydrogen-bond acceptors (Lipinski definition) is 5. The van der Waals surface area contributed by atoms with Crippen LogP contribution in [0.5, 0.6) is 0 Å². The molecule has 3 rings (SSSR count). The van der Waals surface area contributed by atoms with Gasteiger partial charge in [-0.25, -0.2) is 0 Å². The number of anilines is 1. The Labute approximate surface area is 137 Å². The lowest BCUT2D eigenvalue weighted by Crippen LogP contribution is -2.45. The van der Waals surface area contributed by atoms with Crippen LogP contribution in [0.1, 0.15) is 11.1 Å². The zero-order valence-electron chi connectivity index (χ0n) is 13.6. The summed E-state index contributed by atoms with van der Waals surface area (Å²) in [6.45, 7) is 8.34. The van der Waals surface area contributed by atoms with Gasteiger partial charge in [-0.2, -0.15) is 0 Å². The highest BCUT2D eigenvalue weighted by molar-refractivity contribution is 5.95. The minimum atomic E-state index is -0.411. The largest absolute Gasteiger partial charge is 0.379 e. The molecule has 6 nitrogen and oxygen atoms in total. The molecule has 2 fully saturated rings. The maximum Gasteiger partial charge on any atom is 0.254 e. The second-order valence-electron chi connectivity index (χ2n) is 6.09. The van der Waals surface area contributed by atoms with Gasteiger partial charge in [-0.05, 0) is 24.1 Å². The van der Waals surface area contributed by atoms with Gasteiger partial charge in [0.1, 0.15) is 6.10 Å². The molecular weight excluding hydrogens is 294 g/mol. The van der Waals surface area contributed by atoms with E-state index in [1.54, 1.807) is 0 Å². The summed E-state index contributed by atoms with van der Waals surface area (Å²) in [4.78, 5) is 14.7. The van der Waals surface area contributed by atoms with Crippen molar-refractivity contribution in [1.82, 2.24) is 10.2 Å². The molecule has 0 aromatic heterocycles. The van der Waals surface area contributed by atoms with E-state index in [4.69, 9.17) is 9.47 Å². The summed E-state index contributed by atoms with van der Waals surface area (Å²) >= 11 is 0. The SMILES string of the molecule is Cc1ccc(CN2CCOCC2)cc1NC(=O)C1CNCCO1. The van der Waals surface area contributed by atoms with Crippen LogP contribution >= 0.6 is 0 Å². The van der Waals surface area contributed by atoms with Crippen LogP contribution in [0, 0.1) is 6.92 Å². The Morgan fingerprint density at radius 3 is 2.91 bits per heavy atom. The molecule has 2 aliphatic heterocycles. The molecule has 0 radical (unpaired) electrons. The van der Waals surface area contributed by atoms with Gasteiger partial charge in [0, 0.05) is 38.4 Å². The third kappa shape index (κ3) is 4.51. The summed E-state index contributed by atoms with van der Waals surface area (Å²) in [6.07, 6.45) is -0.411. The van der Waals surface area contributed by atoms with Crippen molar-refractivity contribution in [3.8, 4) is 0 Å². The molecule has 1 aromatic carbocycles. The van der Waals surface area contributed by atoms with E-state index < -0.39 is 6.10 Å². The maximum atomic E-state index is 12.3. The van der Waals surface area contributed by atoms with E-state index in [0.717, 1.165) is 50.6 Å². The summed E-state index contributed by atoms with van der Waals surface area (Å²) in [6, 6.07) is 6.25. The molecule has 1 amide bonds. The number of hydrogen-bond donors (Lipinski definition) is 2. The molecule has 2 aliphatic rings. The number of rotatable bonds is 4. The zero-order valence-corrected chi connectivity index (χ0v) is 13.6. The van der Waals surface area contributed by atoms with Crippen molar-refractivity contribution >= 4 is 11.6 Å². The average molecular weight is 319 g/mol. The topological polar surface area (TPSA) is 62.8 Å². The van der Waals surface area contributed by atoms with Gasteiger partial charge in [0.25, 0.3) is 5.91 Å². The number of benzene rings is 1. The average Bonchev–Trinajstić information content (AvgIpc) is 2.59. The third-order valence-corrected chi connectivity index (χ3v) is 4.29. The van der Waals surface area contributed by atoms with E-state index >= 15 is 0 Å². The van der Waals surface area contributed by atoms with Gasteiger partial charge in [-0.15, -0.1) is 0 Å². The minimum absolute atomic E-state index is 0.0798. The predicted molar refractivity (Wildman–Crippen MR) is 88.5 cm³/mol. The van der Waals surface area contributed by atoms with E-state index in [-0.39, 0.29) is 5.91 Å². The Hall–Kier alpha value is -1.47. The first-order chi connectivity index (χ1) is 11.2. The van der Waals surface area contributed by atoms with Crippen molar-refractivity contribution in [2.75, 3.05) is 51.3 Å². The highest BCUT2D eigenvalue weighted by atomic mass is 16.5. The van der Waals surface area contributed by atoms with Crippen LogP contribution < -0.4 is 10.6 Å². The van der Waals surface area contributed by atoms with E-state index in [2.05, 4.69) is 33.7 Å². The Morgan fingerprint density at radius 2 is 2.17 bits per heavy atom. The van der Waals surface area contributed by atoms with Crippen LogP contribution in [0.15, 0.2) is 18.2 Å². The molecule has 1 atom stereocenters. The predicted octanol–water partition coefficient (Wildman–Crippen LogP) is 0.754. The summed E-state index contributed by atoms with van der Waals surface area (Å²) in [7, 11) is 0. The van der Waals surface area contributed by atoms with Gasteiger partial charge in [0.2, 0.25) is 0 Å². The first-order valence-corrected chi connectivity index (χ1v) is 8.25.